The number of hydrogen-bond donors (Lipinski definition) is 0. The van der Waals surface area contributed by atoms with Gasteiger partial charge in [0.25, 0.3) is 5.91 Å². The van der Waals surface area contributed by atoms with Crippen LogP contribution in [0.2, 0.25) is 0 Å². The summed E-state index contributed by atoms with van der Waals surface area (Å²) >= 11 is 0. The molecule has 4 rings (SSSR count). The molecule has 0 spiro atoms. The standard InChI is InChI=1S/C17H18FN3O3/c18-14-3-1-12(2-4-14)8-21-15-10-20(9-13(15)7-19-21)17(22)16-11-23-5-6-24-16/h1-4,7,16H,5-6,8-11H2/t16-/m0/s1. The van der Waals surface area contributed by atoms with Crippen LogP contribution in [-0.2, 0) is 33.9 Å². The third kappa shape index (κ3) is 2.92. The largest absolute Gasteiger partial charge is 0.376 e. The molecule has 1 aromatic heterocycles. The van der Waals surface area contributed by atoms with Crippen LogP contribution in [0, 0.1) is 5.82 Å². The minimum atomic E-state index is -0.513. The number of aromatic nitrogens is 2. The topological polar surface area (TPSA) is 56.6 Å². The summed E-state index contributed by atoms with van der Waals surface area (Å²) < 4.78 is 25.7. The summed E-state index contributed by atoms with van der Waals surface area (Å²) in [6.45, 7) is 2.91. The molecule has 2 aliphatic rings. The van der Waals surface area contributed by atoms with E-state index < -0.39 is 6.10 Å². The molecule has 24 heavy (non-hydrogen) atoms. The average Bonchev–Trinajstić information content (AvgIpc) is 3.19. The fraction of sp³-hybridized carbons (Fsp3) is 0.412. The number of halogens is 1. The van der Waals surface area contributed by atoms with Crippen LogP contribution in [0.3, 0.4) is 0 Å². The number of ether oxygens (including phenoxy) is 2. The first-order valence-electron chi connectivity index (χ1n) is 7.97. The number of amides is 1. The molecule has 0 N–H and O–H groups in total. The zero-order valence-corrected chi connectivity index (χ0v) is 13.2. The maximum atomic E-state index is 13.0. The van der Waals surface area contributed by atoms with Crippen molar-refractivity contribution in [1.29, 1.82) is 0 Å². The summed E-state index contributed by atoms with van der Waals surface area (Å²) in [5.41, 5.74) is 3.03. The molecule has 1 atom stereocenters. The highest BCUT2D eigenvalue weighted by molar-refractivity contribution is 5.81. The lowest BCUT2D eigenvalue weighted by Gasteiger charge is -2.26. The smallest absolute Gasteiger partial charge is 0.254 e. The van der Waals surface area contributed by atoms with E-state index in [1.165, 1.54) is 12.1 Å². The third-order valence-corrected chi connectivity index (χ3v) is 4.39. The average molecular weight is 331 g/mol. The Hall–Kier alpha value is -2.25. The number of carbonyl (C=O) groups is 1. The molecule has 0 aliphatic carbocycles. The van der Waals surface area contributed by atoms with Gasteiger partial charge in [-0.05, 0) is 17.7 Å². The molecule has 0 radical (unpaired) electrons. The SMILES string of the molecule is O=C([C@@H]1COCCO1)N1Cc2cnn(Cc3ccc(F)cc3)c2C1. The Morgan fingerprint density at radius 1 is 1.25 bits per heavy atom. The van der Waals surface area contributed by atoms with Gasteiger partial charge >= 0.3 is 0 Å². The number of nitrogens with zero attached hydrogens (tertiary/aromatic N) is 3. The van der Waals surface area contributed by atoms with Gasteiger partial charge < -0.3 is 14.4 Å². The van der Waals surface area contributed by atoms with Crippen LogP contribution < -0.4 is 0 Å². The van der Waals surface area contributed by atoms with E-state index in [1.54, 1.807) is 23.2 Å². The zero-order valence-electron chi connectivity index (χ0n) is 13.2. The van der Waals surface area contributed by atoms with E-state index >= 15 is 0 Å². The van der Waals surface area contributed by atoms with Crippen LogP contribution in [0.25, 0.3) is 0 Å². The van der Waals surface area contributed by atoms with Crippen molar-refractivity contribution in [3.8, 4) is 0 Å². The van der Waals surface area contributed by atoms with Gasteiger partial charge in [-0.15, -0.1) is 0 Å². The Morgan fingerprint density at radius 3 is 2.83 bits per heavy atom. The Kier molecular flexibility index (Phi) is 4.03. The predicted molar refractivity (Wildman–Crippen MR) is 82.5 cm³/mol. The van der Waals surface area contributed by atoms with Crippen molar-refractivity contribution < 1.29 is 18.7 Å². The number of benzene rings is 1. The molecular formula is C17H18FN3O3. The first-order chi connectivity index (χ1) is 11.7. The van der Waals surface area contributed by atoms with E-state index in [0.29, 0.717) is 39.5 Å². The van der Waals surface area contributed by atoms with Crippen molar-refractivity contribution in [3.05, 3.63) is 53.1 Å². The zero-order chi connectivity index (χ0) is 16.5. The van der Waals surface area contributed by atoms with E-state index in [2.05, 4.69) is 5.10 Å². The van der Waals surface area contributed by atoms with Crippen molar-refractivity contribution in [3.63, 3.8) is 0 Å². The van der Waals surface area contributed by atoms with Gasteiger partial charge in [-0.1, -0.05) is 12.1 Å². The van der Waals surface area contributed by atoms with Crippen LogP contribution in [0.1, 0.15) is 16.8 Å². The fourth-order valence-corrected chi connectivity index (χ4v) is 3.10. The molecule has 126 valence electrons. The maximum absolute atomic E-state index is 13.0. The normalized spacial score (nSPS) is 20.2. The second kappa shape index (κ2) is 6.33. The van der Waals surface area contributed by atoms with E-state index in [9.17, 15) is 9.18 Å². The Bertz CT molecular complexity index is 738. The first-order valence-corrected chi connectivity index (χ1v) is 7.97. The van der Waals surface area contributed by atoms with Gasteiger partial charge in [0.05, 0.1) is 44.8 Å². The molecule has 2 aliphatic heterocycles. The quantitative estimate of drug-likeness (QED) is 0.851. The molecule has 1 aromatic carbocycles. The van der Waals surface area contributed by atoms with Crippen LogP contribution in [0.15, 0.2) is 30.5 Å². The summed E-state index contributed by atoms with van der Waals surface area (Å²) in [5.74, 6) is -0.296. The molecule has 1 amide bonds. The third-order valence-electron chi connectivity index (χ3n) is 4.39. The van der Waals surface area contributed by atoms with Crippen molar-refractivity contribution >= 4 is 5.91 Å². The molecule has 1 saturated heterocycles. The van der Waals surface area contributed by atoms with Gasteiger partial charge in [0, 0.05) is 12.1 Å². The Morgan fingerprint density at radius 2 is 2.08 bits per heavy atom. The number of hydrogen-bond acceptors (Lipinski definition) is 4. The molecule has 3 heterocycles. The predicted octanol–water partition coefficient (Wildman–Crippen LogP) is 1.33. The second-order valence-corrected chi connectivity index (χ2v) is 6.03. The summed E-state index contributed by atoms with van der Waals surface area (Å²) in [7, 11) is 0. The van der Waals surface area contributed by atoms with Gasteiger partial charge in [-0.3, -0.25) is 9.48 Å². The summed E-state index contributed by atoms with van der Waals surface area (Å²) in [6.07, 6.45) is 1.28. The van der Waals surface area contributed by atoms with Crippen LogP contribution in [-0.4, -0.2) is 46.5 Å². The Labute approximate surface area is 138 Å². The molecule has 6 nitrogen and oxygen atoms in total. The molecule has 0 unspecified atom stereocenters. The summed E-state index contributed by atoms with van der Waals surface area (Å²) in [5, 5.41) is 4.39. The number of fused-ring (bicyclic) bond motifs is 1. The maximum Gasteiger partial charge on any atom is 0.254 e. The van der Waals surface area contributed by atoms with Gasteiger partial charge in [-0.25, -0.2) is 4.39 Å². The summed E-state index contributed by atoms with van der Waals surface area (Å²) in [6, 6.07) is 6.37. The minimum absolute atomic E-state index is 0.0424. The molecule has 0 saturated carbocycles. The highest BCUT2D eigenvalue weighted by Crippen LogP contribution is 2.24. The lowest BCUT2D eigenvalue weighted by Crippen LogP contribution is -2.43. The number of rotatable bonds is 3. The molecule has 2 aromatic rings. The lowest BCUT2D eigenvalue weighted by molar-refractivity contribution is -0.158. The first kappa shape index (κ1) is 15.3. The number of carbonyl (C=O) groups excluding carboxylic acids is 1. The van der Waals surface area contributed by atoms with Crippen LogP contribution >= 0.6 is 0 Å². The van der Waals surface area contributed by atoms with Gasteiger partial charge in [-0.2, -0.15) is 5.10 Å². The molecular weight excluding hydrogens is 313 g/mol. The van der Waals surface area contributed by atoms with Crippen molar-refractivity contribution in [1.82, 2.24) is 14.7 Å². The highest BCUT2D eigenvalue weighted by atomic mass is 19.1. The van der Waals surface area contributed by atoms with E-state index in [-0.39, 0.29) is 11.7 Å². The van der Waals surface area contributed by atoms with Gasteiger partial charge in [0.2, 0.25) is 0 Å². The summed E-state index contributed by atoms with van der Waals surface area (Å²) in [4.78, 5) is 14.3. The van der Waals surface area contributed by atoms with E-state index in [1.807, 2.05) is 4.68 Å². The van der Waals surface area contributed by atoms with Crippen molar-refractivity contribution in [2.45, 2.75) is 25.7 Å². The van der Waals surface area contributed by atoms with Gasteiger partial charge in [0.1, 0.15) is 5.82 Å². The fourth-order valence-electron chi connectivity index (χ4n) is 3.10. The monoisotopic (exact) mass is 331 g/mol. The molecule has 7 heteroatoms. The highest BCUT2D eigenvalue weighted by Gasteiger charge is 2.33. The Balaban J connectivity index is 1.46. The van der Waals surface area contributed by atoms with Crippen LogP contribution in [0.5, 0.6) is 0 Å². The van der Waals surface area contributed by atoms with E-state index in [0.717, 1.165) is 16.8 Å². The van der Waals surface area contributed by atoms with Gasteiger partial charge in [0.15, 0.2) is 6.10 Å². The van der Waals surface area contributed by atoms with Crippen molar-refractivity contribution in [2.24, 2.45) is 0 Å². The minimum Gasteiger partial charge on any atom is -0.376 e. The van der Waals surface area contributed by atoms with Crippen LogP contribution in [0.4, 0.5) is 4.39 Å². The van der Waals surface area contributed by atoms with E-state index in [4.69, 9.17) is 9.47 Å². The van der Waals surface area contributed by atoms with Crippen molar-refractivity contribution in [2.75, 3.05) is 19.8 Å². The molecule has 0 bridgehead atoms. The second-order valence-electron chi connectivity index (χ2n) is 6.03. The molecule has 1 fully saturated rings. The lowest BCUT2D eigenvalue weighted by atomic mass is 10.2.